The van der Waals surface area contributed by atoms with Gasteiger partial charge < -0.3 is 9.80 Å². The van der Waals surface area contributed by atoms with Crippen LogP contribution < -0.4 is 4.90 Å². The number of benzene rings is 1. The Labute approximate surface area is 140 Å². The van der Waals surface area contributed by atoms with Crippen molar-refractivity contribution in [3.63, 3.8) is 0 Å². The third kappa shape index (κ3) is 3.18. The fourth-order valence-corrected chi connectivity index (χ4v) is 3.74. The highest BCUT2D eigenvalue weighted by atomic mass is 79.9. The van der Waals surface area contributed by atoms with E-state index in [0.717, 1.165) is 36.0 Å². The number of likely N-dealkylation sites (N-methyl/N-ethyl adjacent to an activating group) is 1. The second-order valence-electron chi connectivity index (χ2n) is 6.09. The van der Waals surface area contributed by atoms with Crippen LogP contribution in [0.5, 0.6) is 0 Å². The predicted octanol–water partition coefficient (Wildman–Crippen LogP) is 2.41. The molecule has 1 aromatic rings. The highest BCUT2D eigenvalue weighted by Gasteiger charge is 2.31. The molecule has 2 aliphatic heterocycles. The molecule has 0 aromatic heterocycles. The Morgan fingerprint density at radius 1 is 1.32 bits per heavy atom. The van der Waals surface area contributed by atoms with Gasteiger partial charge in [0, 0.05) is 16.6 Å². The normalized spacial score (nSPS) is 25.0. The SMILES string of the molecule is C[NH+]1C=C([C@@H]2CCCCN2C(=O)c2ccccc2Br)C=CC1. The lowest BCUT2D eigenvalue weighted by Crippen LogP contribution is -3.04. The number of quaternary nitrogens is 1. The van der Waals surface area contributed by atoms with E-state index in [1.165, 1.54) is 16.9 Å². The number of nitrogens with one attached hydrogen (secondary N) is 1. The minimum Gasteiger partial charge on any atom is -0.331 e. The lowest BCUT2D eigenvalue weighted by atomic mass is 9.93. The van der Waals surface area contributed by atoms with Crippen LogP contribution in [-0.2, 0) is 0 Å². The first-order valence-electron chi connectivity index (χ1n) is 7.93. The van der Waals surface area contributed by atoms with Gasteiger partial charge in [-0.1, -0.05) is 18.2 Å². The van der Waals surface area contributed by atoms with Gasteiger partial charge in [0.05, 0.1) is 24.9 Å². The minimum absolute atomic E-state index is 0.134. The number of hydrogen-bond acceptors (Lipinski definition) is 1. The van der Waals surface area contributed by atoms with Crippen molar-refractivity contribution in [2.75, 3.05) is 20.1 Å². The van der Waals surface area contributed by atoms with Gasteiger partial charge in [0.15, 0.2) is 0 Å². The topological polar surface area (TPSA) is 24.8 Å². The maximum Gasteiger partial charge on any atom is 0.255 e. The smallest absolute Gasteiger partial charge is 0.255 e. The van der Waals surface area contributed by atoms with Crippen LogP contribution >= 0.6 is 15.9 Å². The van der Waals surface area contributed by atoms with Gasteiger partial charge in [-0.25, -0.2) is 0 Å². The molecule has 3 nitrogen and oxygen atoms in total. The van der Waals surface area contributed by atoms with Crippen LogP contribution in [0.3, 0.4) is 0 Å². The first-order valence-corrected chi connectivity index (χ1v) is 8.72. The number of rotatable bonds is 2. The molecule has 4 heteroatoms. The van der Waals surface area contributed by atoms with Crippen LogP contribution in [0.25, 0.3) is 0 Å². The average Bonchev–Trinajstić information content (AvgIpc) is 2.55. The van der Waals surface area contributed by atoms with E-state index in [1.807, 2.05) is 24.3 Å². The monoisotopic (exact) mass is 361 g/mol. The molecule has 0 spiro atoms. The molecule has 1 aromatic carbocycles. The van der Waals surface area contributed by atoms with Crippen LogP contribution in [0.1, 0.15) is 29.6 Å². The van der Waals surface area contributed by atoms with Crippen LogP contribution in [-0.4, -0.2) is 37.0 Å². The maximum absolute atomic E-state index is 13.0. The van der Waals surface area contributed by atoms with Crippen LogP contribution in [0.2, 0.25) is 0 Å². The van der Waals surface area contributed by atoms with Crippen molar-refractivity contribution in [3.05, 3.63) is 58.2 Å². The Hall–Kier alpha value is -1.39. The lowest BCUT2D eigenvalue weighted by molar-refractivity contribution is -0.819. The Balaban J connectivity index is 1.88. The molecular weight excluding hydrogens is 340 g/mol. The molecule has 0 bridgehead atoms. The van der Waals surface area contributed by atoms with E-state index in [2.05, 4.69) is 46.2 Å². The summed E-state index contributed by atoms with van der Waals surface area (Å²) in [6.07, 6.45) is 10.0. The van der Waals surface area contributed by atoms with Gasteiger partial charge in [-0.15, -0.1) is 0 Å². The number of carbonyl (C=O) groups excluding carboxylic acids is 1. The predicted molar refractivity (Wildman–Crippen MR) is 91.8 cm³/mol. The standard InChI is InChI=1S/C18H21BrN2O/c1-20-11-6-7-14(13-20)17-10-4-5-12-21(17)18(22)15-8-2-3-9-16(15)19/h2-3,6-9,13,17H,4-5,10-12H2,1H3/p+1/t17-/m0/s1. The number of likely N-dealkylation sites (tertiary alicyclic amines) is 1. The van der Waals surface area contributed by atoms with Crippen molar-refractivity contribution in [1.82, 2.24) is 4.90 Å². The molecule has 0 radical (unpaired) electrons. The molecule has 22 heavy (non-hydrogen) atoms. The number of nitrogens with zero attached hydrogens (tertiary/aromatic N) is 1. The Morgan fingerprint density at radius 2 is 2.14 bits per heavy atom. The minimum atomic E-state index is 0.134. The summed E-state index contributed by atoms with van der Waals surface area (Å²) in [5.74, 6) is 0.134. The molecule has 1 fully saturated rings. The highest BCUT2D eigenvalue weighted by Crippen LogP contribution is 2.27. The summed E-state index contributed by atoms with van der Waals surface area (Å²) in [5.41, 5.74) is 2.04. The van der Waals surface area contributed by atoms with E-state index >= 15 is 0 Å². The maximum atomic E-state index is 13.0. The highest BCUT2D eigenvalue weighted by molar-refractivity contribution is 9.10. The number of hydrogen-bond donors (Lipinski definition) is 1. The molecule has 2 atom stereocenters. The van der Waals surface area contributed by atoms with Gasteiger partial charge in [0.2, 0.25) is 0 Å². The second kappa shape index (κ2) is 6.80. The van der Waals surface area contributed by atoms with Crippen molar-refractivity contribution in [3.8, 4) is 0 Å². The molecule has 1 saturated heterocycles. The van der Waals surface area contributed by atoms with Crippen molar-refractivity contribution in [1.29, 1.82) is 0 Å². The van der Waals surface area contributed by atoms with E-state index in [0.29, 0.717) is 0 Å². The zero-order valence-electron chi connectivity index (χ0n) is 12.9. The fraction of sp³-hybridized carbons (Fsp3) is 0.389. The lowest BCUT2D eigenvalue weighted by Gasteiger charge is -2.37. The number of amides is 1. The molecule has 0 aliphatic carbocycles. The van der Waals surface area contributed by atoms with E-state index in [9.17, 15) is 4.79 Å². The van der Waals surface area contributed by atoms with Crippen molar-refractivity contribution < 1.29 is 9.69 Å². The van der Waals surface area contributed by atoms with E-state index in [1.54, 1.807) is 0 Å². The molecular formula is C18H22BrN2O+. The molecule has 2 heterocycles. The third-order valence-corrected chi connectivity index (χ3v) is 5.11. The van der Waals surface area contributed by atoms with Gasteiger partial charge >= 0.3 is 0 Å². The van der Waals surface area contributed by atoms with Crippen LogP contribution in [0, 0.1) is 0 Å². The first-order chi connectivity index (χ1) is 10.7. The van der Waals surface area contributed by atoms with Gasteiger partial charge in [0.25, 0.3) is 5.91 Å². The summed E-state index contributed by atoms with van der Waals surface area (Å²) in [6.45, 7) is 1.86. The summed E-state index contributed by atoms with van der Waals surface area (Å²) >= 11 is 3.51. The Kier molecular flexibility index (Phi) is 4.79. The second-order valence-corrected chi connectivity index (χ2v) is 6.94. The summed E-state index contributed by atoms with van der Waals surface area (Å²) in [7, 11) is 2.16. The van der Waals surface area contributed by atoms with E-state index < -0.39 is 0 Å². The van der Waals surface area contributed by atoms with Crippen molar-refractivity contribution >= 4 is 21.8 Å². The van der Waals surface area contributed by atoms with Gasteiger partial charge in [0.1, 0.15) is 6.54 Å². The van der Waals surface area contributed by atoms with Gasteiger partial charge in [-0.05, 0) is 53.4 Å². The molecule has 1 unspecified atom stereocenters. The van der Waals surface area contributed by atoms with Crippen LogP contribution in [0.4, 0.5) is 0 Å². The Morgan fingerprint density at radius 3 is 2.91 bits per heavy atom. The number of piperidine rings is 1. The molecule has 2 aliphatic rings. The zero-order valence-corrected chi connectivity index (χ0v) is 14.5. The van der Waals surface area contributed by atoms with Crippen molar-refractivity contribution in [2.45, 2.75) is 25.3 Å². The number of halogens is 1. The molecule has 116 valence electrons. The van der Waals surface area contributed by atoms with Gasteiger partial charge in [-0.3, -0.25) is 4.79 Å². The molecule has 3 rings (SSSR count). The average molecular weight is 362 g/mol. The first kappa shape index (κ1) is 15.5. The summed E-state index contributed by atoms with van der Waals surface area (Å²) in [4.78, 5) is 16.4. The van der Waals surface area contributed by atoms with E-state index in [4.69, 9.17) is 0 Å². The summed E-state index contributed by atoms with van der Waals surface area (Å²) < 4.78 is 0.875. The summed E-state index contributed by atoms with van der Waals surface area (Å²) in [6, 6.07) is 7.91. The quantitative estimate of drug-likeness (QED) is 0.859. The van der Waals surface area contributed by atoms with E-state index in [-0.39, 0.29) is 11.9 Å². The molecule has 1 N–H and O–H groups in total. The van der Waals surface area contributed by atoms with Gasteiger partial charge in [-0.2, -0.15) is 0 Å². The van der Waals surface area contributed by atoms with Crippen LogP contribution in [0.15, 0.2) is 52.7 Å². The molecule has 0 saturated carbocycles. The fourth-order valence-electron chi connectivity index (χ4n) is 3.29. The zero-order chi connectivity index (χ0) is 15.5. The summed E-state index contributed by atoms with van der Waals surface area (Å²) in [5, 5.41) is 0. The third-order valence-electron chi connectivity index (χ3n) is 4.42. The Bertz CT molecular complexity index is 623. The van der Waals surface area contributed by atoms with Crippen molar-refractivity contribution in [2.24, 2.45) is 0 Å². The largest absolute Gasteiger partial charge is 0.331 e. The molecule has 1 amide bonds. The number of carbonyl (C=O) groups is 1.